The van der Waals surface area contributed by atoms with Crippen LogP contribution in [0, 0.1) is 0 Å². The van der Waals surface area contributed by atoms with Gasteiger partial charge in [0.05, 0.1) is 11.0 Å². The maximum absolute atomic E-state index is 12.5. The van der Waals surface area contributed by atoms with Gasteiger partial charge in [-0.05, 0) is 67.1 Å². The van der Waals surface area contributed by atoms with E-state index in [0.29, 0.717) is 12.4 Å². The lowest BCUT2D eigenvalue weighted by Gasteiger charge is -2.13. The van der Waals surface area contributed by atoms with Crippen LogP contribution >= 0.6 is 27.7 Å². The van der Waals surface area contributed by atoms with Gasteiger partial charge in [-0.15, -0.1) is 0 Å². The molecule has 1 heterocycles. The van der Waals surface area contributed by atoms with Gasteiger partial charge in [-0.25, -0.2) is 0 Å². The van der Waals surface area contributed by atoms with E-state index in [0.717, 1.165) is 32.3 Å². The highest BCUT2D eigenvalue weighted by atomic mass is 79.9. The first-order chi connectivity index (χ1) is 14.3. The molecule has 0 spiro atoms. The monoisotopic (exact) mass is 489 g/mol. The molecular formula is C22H20BrNO5S. The number of nitrogens with zero attached hydrogens (tertiary/aromatic N) is 1. The summed E-state index contributed by atoms with van der Waals surface area (Å²) in [6.07, 6.45) is 1.30. The van der Waals surface area contributed by atoms with Crippen molar-refractivity contribution < 1.29 is 23.9 Å². The summed E-state index contributed by atoms with van der Waals surface area (Å²) in [7, 11) is 0. The van der Waals surface area contributed by atoms with Gasteiger partial charge in [0.15, 0.2) is 0 Å². The largest absolute Gasteiger partial charge is 0.489 e. The second-order valence-electron chi connectivity index (χ2n) is 6.79. The molecule has 2 aromatic carbocycles. The molecule has 1 saturated heterocycles. The number of carbonyl (C=O) groups is 3. The number of rotatable bonds is 7. The summed E-state index contributed by atoms with van der Waals surface area (Å²) >= 11 is 4.20. The summed E-state index contributed by atoms with van der Waals surface area (Å²) < 4.78 is 11.8. The minimum absolute atomic E-state index is 0.252. The number of halogens is 1. The predicted molar refractivity (Wildman–Crippen MR) is 119 cm³/mol. The zero-order valence-electron chi connectivity index (χ0n) is 16.5. The summed E-state index contributed by atoms with van der Waals surface area (Å²) in [5.74, 6) is -0.477. The standard InChI is InChI=1S/C22H20BrNO5S/c1-14(2)29-20(25)12-24-21(26)19(30-22(24)27)11-16-4-3-5-18(10-16)28-13-15-6-8-17(23)9-7-15/h3-11,14H,12-13H2,1-2H3/b19-11-. The Morgan fingerprint density at radius 1 is 1.17 bits per heavy atom. The van der Waals surface area contributed by atoms with Crippen LogP contribution in [0.1, 0.15) is 25.0 Å². The maximum atomic E-state index is 12.5. The minimum atomic E-state index is -0.614. The van der Waals surface area contributed by atoms with Crippen molar-refractivity contribution in [3.63, 3.8) is 0 Å². The number of thioether (sulfide) groups is 1. The van der Waals surface area contributed by atoms with Crippen LogP contribution in [0.2, 0.25) is 0 Å². The highest BCUT2D eigenvalue weighted by Gasteiger charge is 2.36. The molecule has 2 aromatic rings. The van der Waals surface area contributed by atoms with Gasteiger partial charge in [0.25, 0.3) is 11.1 Å². The van der Waals surface area contributed by atoms with Crippen molar-refractivity contribution in [1.82, 2.24) is 4.90 Å². The first-order valence-electron chi connectivity index (χ1n) is 9.24. The highest BCUT2D eigenvalue weighted by molar-refractivity contribution is 9.10. The summed E-state index contributed by atoms with van der Waals surface area (Å²) in [5, 5.41) is -0.491. The smallest absolute Gasteiger partial charge is 0.326 e. The lowest BCUT2D eigenvalue weighted by Crippen LogP contribution is -2.35. The number of amides is 2. The molecule has 0 aliphatic carbocycles. The molecule has 0 saturated carbocycles. The third-order valence-electron chi connectivity index (χ3n) is 4.00. The number of hydrogen-bond donors (Lipinski definition) is 0. The van der Waals surface area contributed by atoms with Crippen LogP contribution in [0.5, 0.6) is 5.75 Å². The van der Waals surface area contributed by atoms with Gasteiger partial charge in [0.1, 0.15) is 18.9 Å². The average molecular weight is 490 g/mol. The van der Waals surface area contributed by atoms with Gasteiger partial charge < -0.3 is 9.47 Å². The third kappa shape index (κ3) is 5.96. The molecule has 8 heteroatoms. The lowest BCUT2D eigenvalue weighted by atomic mass is 10.2. The second-order valence-corrected chi connectivity index (χ2v) is 8.70. The van der Waals surface area contributed by atoms with Crippen molar-refractivity contribution in [3.8, 4) is 5.75 Å². The molecule has 6 nitrogen and oxygen atoms in total. The number of hydrogen-bond acceptors (Lipinski definition) is 6. The SMILES string of the molecule is CC(C)OC(=O)CN1C(=O)S/C(=C\c2cccc(OCc3ccc(Br)cc3)c2)C1=O. The summed E-state index contributed by atoms with van der Waals surface area (Å²) in [6, 6.07) is 15.1. The van der Waals surface area contributed by atoms with Gasteiger partial charge in [-0.2, -0.15) is 0 Å². The van der Waals surface area contributed by atoms with Crippen molar-refractivity contribution in [2.24, 2.45) is 0 Å². The molecule has 0 unspecified atom stereocenters. The summed E-state index contributed by atoms with van der Waals surface area (Å²) in [6.45, 7) is 3.43. The Labute approximate surface area is 187 Å². The molecule has 0 atom stereocenters. The first kappa shape index (κ1) is 22.1. The molecule has 0 bridgehead atoms. The van der Waals surface area contributed by atoms with E-state index in [1.807, 2.05) is 42.5 Å². The Bertz CT molecular complexity index is 987. The fraction of sp³-hybridized carbons (Fsp3) is 0.227. The van der Waals surface area contributed by atoms with E-state index in [4.69, 9.17) is 9.47 Å². The fourth-order valence-corrected chi connectivity index (χ4v) is 3.76. The molecule has 0 radical (unpaired) electrons. The molecular weight excluding hydrogens is 470 g/mol. The molecule has 1 fully saturated rings. The second kappa shape index (κ2) is 9.95. The van der Waals surface area contributed by atoms with Gasteiger partial charge in [0, 0.05) is 4.47 Å². The number of benzene rings is 2. The Morgan fingerprint density at radius 3 is 2.60 bits per heavy atom. The normalized spacial score (nSPS) is 15.2. The number of carbonyl (C=O) groups excluding carboxylic acids is 3. The van der Waals surface area contributed by atoms with Crippen LogP contribution < -0.4 is 4.74 Å². The number of esters is 1. The van der Waals surface area contributed by atoms with Gasteiger partial charge >= 0.3 is 5.97 Å². The van der Waals surface area contributed by atoms with Crippen LogP contribution in [-0.4, -0.2) is 34.7 Å². The molecule has 0 N–H and O–H groups in total. The minimum Gasteiger partial charge on any atom is -0.489 e. The van der Waals surface area contributed by atoms with Crippen molar-refractivity contribution in [2.75, 3.05) is 6.54 Å². The molecule has 2 amide bonds. The average Bonchev–Trinajstić information content (AvgIpc) is 2.94. The van der Waals surface area contributed by atoms with Crippen LogP contribution in [0.4, 0.5) is 4.79 Å². The quantitative estimate of drug-likeness (QED) is 0.401. The summed E-state index contributed by atoms with van der Waals surface area (Å²) in [5.41, 5.74) is 1.75. The van der Waals surface area contributed by atoms with E-state index >= 15 is 0 Å². The predicted octanol–water partition coefficient (Wildman–Crippen LogP) is 5.02. The molecule has 0 aromatic heterocycles. The van der Waals surface area contributed by atoms with E-state index < -0.39 is 23.7 Å². The number of imide groups is 1. The van der Waals surface area contributed by atoms with E-state index in [1.54, 1.807) is 26.0 Å². The fourth-order valence-electron chi connectivity index (χ4n) is 2.66. The van der Waals surface area contributed by atoms with Crippen LogP contribution in [0.3, 0.4) is 0 Å². The molecule has 1 aliphatic rings. The van der Waals surface area contributed by atoms with E-state index in [-0.39, 0.29) is 11.0 Å². The van der Waals surface area contributed by atoms with Crippen LogP contribution in [-0.2, 0) is 20.9 Å². The van der Waals surface area contributed by atoms with Gasteiger partial charge in [-0.1, -0.05) is 40.2 Å². The Hall–Kier alpha value is -2.58. The van der Waals surface area contributed by atoms with Crippen molar-refractivity contribution in [2.45, 2.75) is 26.6 Å². The van der Waals surface area contributed by atoms with Crippen LogP contribution in [0.25, 0.3) is 6.08 Å². The van der Waals surface area contributed by atoms with E-state index in [9.17, 15) is 14.4 Å². The van der Waals surface area contributed by atoms with Gasteiger partial charge in [0.2, 0.25) is 0 Å². The molecule has 30 heavy (non-hydrogen) atoms. The van der Waals surface area contributed by atoms with Crippen molar-refractivity contribution >= 4 is 50.9 Å². The third-order valence-corrected chi connectivity index (χ3v) is 5.44. The number of ether oxygens (including phenoxy) is 2. The summed E-state index contributed by atoms with van der Waals surface area (Å²) in [4.78, 5) is 37.6. The molecule has 1 aliphatic heterocycles. The molecule has 156 valence electrons. The lowest BCUT2D eigenvalue weighted by molar-refractivity contribution is -0.149. The van der Waals surface area contributed by atoms with Gasteiger partial charge in [-0.3, -0.25) is 19.3 Å². The van der Waals surface area contributed by atoms with E-state index in [2.05, 4.69) is 15.9 Å². The Morgan fingerprint density at radius 2 is 1.90 bits per heavy atom. The Kier molecular flexibility index (Phi) is 7.33. The zero-order valence-corrected chi connectivity index (χ0v) is 18.9. The molecule has 3 rings (SSSR count). The topological polar surface area (TPSA) is 72.9 Å². The maximum Gasteiger partial charge on any atom is 0.326 e. The Balaban J connectivity index is 1.67. The van der Waals surface area contributed by atoms with Crippen molar-refractivity contribution in [3.05, 3.63) is 69.0 Å². The van der Waals surface area contributed by atoms with E-state index in [1.165, 1.54) is 0 Å². The van der Waals surface area contributed by atoms with Crippen LogP contribution in [0.15, 0.2) is 57.9 Å². The highest BCUT2D eigenvalue weighted by Crippen LogP contribution is 2.32. The zero-order chi connectivity index (χ0) is 21.7. The van der Waals surface area contributed by atoms with Crippen molar-refractivity contribution in [1.29, 1.82) is 0 Å². The first-order valence-corrected chi connectivity index (χ1v) is 10.8.